The lowest BCUT2D eigenvalue weighted by Crippen LogP contribution is -2.37. The molecule has 1 aromatic carbocycles. The normalized spacial score (nSPS) is 14.3. The Kier molecular flexibility index (Phi) is 5.02. The molecule has 7 nitrogen and oxygen atoms in total. The highest BCUT2D eigenvalue weighted by atomic mass is 35.5. The molecular formula is C18H16ClN5O2S. The molecule has 0 atom stereocenters. The molecule has 3 aromatic rings. The molecule has 1 aliphatic heterocycles. The van der Waals surface area contributed by atoms with Crippen molar-refractivity contribution in [2.24, 2.45) is 5.73 Å². The van der Waals surface area contributed by atoms with Gasteiger partial charge in [0.25, 0.3) is 5.91 Å². The summed E-state index contributed by atoms with van der Waals surface area (Å²) in [6.07, 6.45) is 1.57. The Morgan fingerprint density at radius 1 is 1.22 bits per heavy atom. The Hall–Kier alpha value is -2.55. The van der Waals surface area contributed by atoms with E-state index < -0.39 is 5.91 Å². The van der Waals surface area contributed by atoms with E-state index in [9.17, 15) is 4.79 Å². The molecule has 27 heavy (non-hydrogen) atoms. The summed E-state index contributed by atoms with van der Waals surface area (Å²) in [5.74, 6) is 0.0355. The first-order valence-electron chi connectivity index (χ1n) is 8.34. The van der Waals surface area contributed by atoms with Gasteiger partial charge in [-0.3, -0.25) is 4.79 Å². The van der Waals surface area contributed by atoms with Gasteiger partial charge in [0.2, 0.25) is 0 Å². The van der Waals surface area contributed by atoms with Crippen molar-refractivity contribution in [1.82, 2.24) is 15.0 Å². The molecule has 0 bridgehead atoms. The Labute approximate surface area is 164 Å². The summed E-state index contributed by atoms with van der Waals surface area (Å²) >= 11 is 7.64. The van der Waals surface area contributed by atoms with Gasteiger partial charge >= 0.3 is 0 Å². The minimum atomic E-state index is -0.638. The minimum Gasteiger partial charge on any atom is -0.378 e. The lowest BCUT2D eigenvalue weighted by molar-refractivity contribution is 0.0995. The number of carbonyl (C=O) groups excluding carboxylic acids is 1. The third-order valence-corrected chi connectivity index (χ3v) is 5.36. The molecule has 0 radical (unpaired) electrons. The summed E-state index contributed by atoms with van der Waals surface area (Å²) in [6, 6.07) is 7.46. The standard InChI is InChI=1S/C18H16ClN5O2S/c19-12-4-2-1-3-11(12)13-10-27-18(22-13)16-15(17(20)25)21-9-14(23-16)24-5-7-26-8-6-24/h1-4,9-10H,5-8H2,(H2,20,25). The van der Waals surface area contributed by atoms with E-state index >= 15 is 0 Å². The van der Waals surface area contributed by atoms with Gasteiger partial charge in [-0.1, -0.05) is 29.8 Å². The summed E-state index contributed by atoms with van der Waals surface area (Å²) in [7, 11) is 0. The molecule has 2 N–H and O–H groups in total. The quantitative estimate of drug-likeness (QED) is 0.722. The summed E-state index contributed by atoms with van der Waals surface area (Å²) in [5, 5.41) is 3.06. The smallest absolute Gasteiger partial charge is 0.269 e. The van der Waals surface area contributed by atoms with Crippen molar-refractivity contribution in [2.45, 2.75) is 0 Å². The number of rotatable bonds is 4. The number of nitrogens with zero attached hydrogens (tertiary/aromatic N) is 4. The van der Waals surface area contributed by atoms with Gasteiger partial charge in [-0.05, 0) is 6.07 Å². The van der Waals surface area contributed by atoms with Crippen molar-refractivity contribution in [2.75, 3.05) is 31.2 Å². The van der Waals surface area contributed by atoms with Gasteiger partial charge in [0, 0.05) is 29.1 Å². The highest BCUT2D eigenvalue weighted by Crippen LogP contribution is 2.33. The van der Waals surface area contributed by atoms with Gasteiger partial charge in [0.15, 0.2) is 5.69 Å². The second-order valence-electron chi connectivity index (χ2n) is 5.91. The lowest BCUT2D eigenvalue weighted by atomic mass is 10.2. The van der Waals surface area contributed by atoms with Crippen LogP contribution in [0.15, 0.2) is 35.8 Å². The van der Waals surface area contributed by atoms with Gasteiger partial charge < -0.3 is 15.4 Å². The van der Waals surface area contributed by atoms with Crippen LogP contribution in [-0.4, -0.2) is 47.2 Å². The first kappa shape index (κ1) is 17.8. The van der Waals surface area contributed by atoms with Crippen LogP contribution >= 0.6 is 22.9 Å². The first-order valence-corrected chi connectivity index (χ1v) is 9.59. The van der Waals surface area contributed by atoms with Crippen LogP contribution in [0.25, 0.3) is 22.0 Å². The number of hydrogen-bond acceptors (Lipinski definition) is 7. The number of hydrogen-bond donors (Lipinski definition) is 1. The Balaban J connectivity index is 1.75. The molecule has 0 spiro atoms. The Bertz CT molecular complexity index is 987. The van der Waals surface area contributed by atoms with E-state index in [1.54, 1.807) is 6.20 Å². The fourth-order valence-electron chi connectivity index (χ4n) is 2.83. The number of aromatic nitrogens is 3. The fraction of sp³-hybridized carbons (Fsp3) is 0.222. The number of nitrogens with two attached hydrogens (primary N) is 1. The van der Waals surface area contributed by atoms with Crippen molar-refractivity contribution in [3.05, 3.63) is 46.6 Å². The van der Waals surface area contributed by atoms with Gasteiger partial charge in [0.05, 0.1) is 25.1 Å². The molecule has 1 saturated heterocycles. The van der Waals surface area contributed by atoms with Crippen LogP contribution in [0.1, 0.15) is 10.5 Å². The zero-order valence-corrected chi connectivity index (χ0v) is 15.8. The zero-order valence-electron chi connectivity index (χ0n) is 14.3. The predicted octanol–water partition coefficient (Wildman–Crippen LogP) is 2.86. The maximum absolute atomic E-state index is 11.9. The van der Waals surface area contributed by atoms with Crippen LogP contribution in [0.3, 0.4) is 0 Å². The number of halogens is 1. The highest BCUT2D eigenvalue weighted by Gasteiger charge is 2.21. The fourth-order valence-corrected chi connectivity index (χ4v) is 3.87. The molecule has 0 saturated carbocycles. The van der Waals surface area contributed by atoms with Gasteiger partial charge in [-0.25, -0.2) is 15.0 Å². The van der Waals surface area contributed by atoms with E-state index in [-0.39, 0.29) is 5.69 Å². The molecular weight excluding hydrogens is 386 g/mol. The Morgan fingerprint density at radius 2 is 2.00 bits per heavy atom. The SMILES string of the molecule is NC(=O)c1ncc(N2CCOCC2)nc1-c1nc(-c2ccccc2Cl)cs1. The zero-order chi connectivity index (χ0) is 18.8. The van der Waals surface area contributed by atoms with Crippen LogP contribution in [-0.2, 0) is 4.74 Å². The van der Waals surface area contributed by atoms with Crippen molar-refractivity contribution in [3.63, 3.8) is 0 Å². The summed E-state index contributed by atoms with van der Waals surface area (Å²) < 4.78 is 5.37. The van der Waals surface area contributed by atoms with Crippen LogP contribution < -0.4 is 10.6 Å². The second-order valence-corrected chi connectivity index (χ2v) is 7.17. The number of carbonyl (C=O) groups is 1. The number of amides is 1. The van der Waals surface area contributed by atoms with Crippen molar-refractivity contribution in [1.29, 1.82) is 0 Å². The van der Waals surface area contributed by atoms with Gasteiger partial charge in [0.1, 0.15) is 16.5 Å². The van der Waals surface area contributed by atoms with Crippen LogP contribution in [0.4, 0.5) is 5.82 Å². The molecule has 0 aliphatic carbocycles. The lowest BCUT2D eigenvalue weighted by Gasteiger charge is -2.27. The molecule has 1 amide bonds. The first-order chi connectivity index (χ1) is 13.1. The highest BCUT2D eigenvalue weighted by molar-refractivity contribution is 7.13. The molecule has 138 valence electrons. The number of anilines is 1. The number of primary amides is 1. The van der Waals surface area contributed by atoms with Crippen molar-refractivity contribution >= 4 is 34.7 Å². The molecule has 1 aliphatic rings. The average Bonchev–Trinajstić information content (AvgIpc) is 3.18. The maximum atomic E-state index is 11.9. The van der Waals surface area contributed by atoms with E-state index in [0.29, 0.717) is 47.8 Å². The molecule has 0 unspecified atom stereocenters. The third kappa shape index (κ3) is 3.64. The second kappa shape index (κ2) is 7.59. The maximum Gasteiger partial charge on any atom is 0.269 e. The monoisotopic (exact) mass is 401 g/mol. The van der Waals surface area contributed by atoms with Gasteiger partial charge in [-0.15, -0.1) is 11.3 Å². The number of thiazole rings is 1. The summed E-state index contributed by atoms with van der Waals surface area (Å²) in [6.45, 7) is 2.69. The molecule has 3 heterocycles. The number of morpholine rings is 1. The predicted molar refractivity (Wildman–Crippen MR) is 105 cm³/mol. The topological polar surface area (TPSA) is 94.2 Å². The molecule has 4 rings (SSSR count). The molecule has 9 heteroatoms. The van der Waals surface area contributed by atoms with E-state index in [4.69, 9.17) is 22.1 Å². The van der Waals surface area contributed by atoms with Crippen molar-refractivity contribution < 1.29 is 9.53 Å². The molecule has 2 aromatic heterocycles. The summed E-state index contributed by atoms with van der Waals surface area (Å²) in [5.41, 5.74) is 7.53. The van der Waals surface area contributed by atoms with Crippen LogP contribution in [0.2, 0.25) is 5.02 Å². The Morgan fingerprint density at radius 3 is 2.74 bits per heavy atom. The molecule has 1 fully saturated rings. The van der Waals surface area contributed by atoms with E-state index in [2.05, 4.69) is 19.9 Å². The third-order valence-electron chi connectivity index (χ3n) is 4.18. The van der Waals surface area contributed by atoms with E-state index in [1.165, 1.54) is 11.3 Å². The largest absolute Gasteiger partial charge is 0.378 e. The average molecular weight is 402 g/mol. The van der Waals surface area contributed by atoms with Crippen LogP contribution in [0.5, 0.6) is 0 Å². The number of benzene rings is 1. The summed E-state index contributed by atoms with van der Waals surface area (Å²) in [4.78, 5) is 27.4. The minimum absolute atomic E-state index is 0.104. The van der Waals surface area contributed by atoms with Gasteiger partial charge in [-0.2, -0.15) is 0 Å². The van der Waals surface area contributed by atoms with Crippen LogP contribution in [0, 0.1) is 0 Å². The number of ether oxygens (including phenoxy) is 1. The van der Waals surface area contributed by atoms with E-state index in [0.717, 1.165) is 11.3 Å². The van der Waals surface area contributed by atoms with E-state index in [1.807, 2.05) is 29.6 Å². The van der Waals surface area contributed by atoms with Crippen molar-refractivity contribution in [3.8, 4) is 22.0 Å².